The van der Waals surface area contributed by atoms with Gasteiger partial charge in [0.05, 0.1) is 0 Å². The quantitative estimate of drug-likeness (QED) is 0.453. The Bertz CT molecular complexity index is 369. The Morgan fingerprint density at radius 3 is 1.82 bits per heavy atom. The van der Waals surface area contributed by atoms with E-state index in [9.17, 15) is 14.4 Å². The topological polar surface area (TPSA) is 87.7 Å². The summed E-state index contributed by atoms with van der Waals surface area (Å²) in [6.07, 6.45) is 0. The van der Waals surface area contributed by atoms with Crippen LogP contribution in [0.3, 0.4) is 0 Å². The van der Waals surface area contributed by atoms with Crippen LogP contribution in [0.15, 0.2) is 14.4 Å². The van der Waals surface area contributed by atoms with E-state index in [1.165, 1.54) is 0 Å². The molecule has 0 amide bonds. The van der Waals surface area contributed by atoms with Crippen LogP contribution in [0.2, 0.25) is 0 Å². The molecule has 0 atom stereocenters. The minimum Gasteiger partial charge on any atom is -0.258 e. The van der Waals surface area contributed by atoms with Gasteiger partial charge in [-0.3, -0.25) is 9.97 Å². The molecule has 1 rings (SSSR count). The Kier molecular flexibility index (Phi) is 3.81. The molecule has 0 fully saturated rings. The second-order valence-corrected chi connectivity index (χ2v) is 1.81. The normalized spacial score (nSPS) is 8.82. The van der Waals surface area contributed by atoms with Gasteiger partial charge in [-0.05, 0) is 0 Å². The van der Waals surface area contributed by atoms with Gasteiger partial charge < -0.3 is 0 Å². The molecule has 55 valence electrons. The average molecular weight is 187 g/mol. The summed E-state index contributed by atoms with van der Waals surface area (Å²) in [5, 5.41) is 0. The molecule has 0 aliphatic carbocycles. The molecule has 0 spiro atoms. The Balaban J connectivity index is 0.000001000. The summed E-state index contributed by atoms with van der Waals surface area (Å²) >= 11 is 5.04. The summed E-state index contributed by atoms with van der Waals surface area (Å²) in [5.74, 6) is 0. The van der Waals surface area contributed by atoms with E-state index in [0.717, 1.165) is 0 Å². The first-order chi connectivity index (χ1) is 4.61. The summed E-state index contributed by atoms with van der Waals surface area (Å²) in [7, 11) is 0. The van der Waals surface area contributed by atoms with Crippen molar-refractivity contribution in [1.82, 2.24) is 14.1 Å². The van der Waals surface area contributed by atoms with E-state index in [-0.39, 0.29) is 33.6 Å². The monoisotopic (exact) mass is 186 g/mol. The van der Waals surface area contributed by atoms with E-state index >= 15 is 0 Å². The van der Waals surface area contributed by atoms with E-state index < -0.39 is 17.1 Å². The molecule has 11 heavy (non-hydrogen) atoms. The zero-order valence-electron chi connectivity index (χ0n) is 5.55. The van der Waals surface area contributed by atoms with Crippen LogP contribution in [0, 0.1) is 0 Å². The van der Waals surface area contributed by atoms with Crippen LogP contribution in [0.4, 0.5) is 0 Å². The number of hydrogen-bond acceptors (Lipinski definition) is 3. The minimum atomic E-state index is -0.949. The maximum atomic E-state index is 10.4. The number of aromatic nitrogens is 3. The van der Waals surface area contributed by atoms with E-state index in [0.29, 0.717) is 0 Å². The first-order valence-corrected chi connectivity index (χ1v) is 2.57. The third-order valence-corrected chi connectivity index (χ3v) is 1.10. The second-order valence-electron chi connectivity index (χ2n) is 1.47. The van der Waals surface area contributed by atoms with Crippen molar-refractivity contribution in [1.29, 1.82) is 0 Å². The van der Waals surface area contributed by atoms with Gasteiger partial charge in [-0.15, -0.1) is 0 Å². The number of nitrogens with zero attached hydrogens (tertiary/aromatic N) is 1. The smallest absolute Gasteiger partial charge is 0.258 e. The van der Waals surface area contributed by atoms with Crippen molar-refractivity contribution in [2.75, 3.05) is 0 Å². The van der Waals surface area contributed by atoms with Crippen LogP contribution < -0.4 is 17.1 Å². The molecule has 8 heteroatoms. The van der Waals surface area contributed by atoms with Crippen molar-refractivity contribution in [3.63, 3.8) is 0 Å². The molecule has 2 N–H and O–H groups in total. The number of H-pyrrole nitrogens is 2. The molecule has 0 bridgehead atoms. The van der Waals surface area contributed by atoms with Gasteiger partial charge in [0.15, 0.2) is 0 Å². The molecular formula is C3H2ClN3NaO3. The zero-order chi connectivity index (χ0) is 7.72. The van der Waals surface area contributed by atoms with E-state index in [4.69, 9.17) is 11.8 Å². The van der Waals surface area contributed by atoms with E-state index in [2.05, 4.69) is 0 Å². The van der Waals surface area contributed by atoms with E-state index in [1.54, 1.807) is 9.97 Å². The molecule has 0 unspecified atom stereocenters. The predicted molar refractivity (Wildman–Crippen MR) is 38.9 cm³/mol. The first kappa shape index (κ1) is 10.7. The predicted octanol–water partition coefficient (Wildman–Crippen LogP) is -2.15. The molecule has 0 aliphatic rings. The van der Waals surface area contributed by atoms with Crippen molar-refractivity contribution in [3.8, 4) is 0 Å². The van der Waals surface area contributed by atoms with Crippen LogP contribution >= 0.6 is 11.8 Å². The summed E-state index contributed by atoms with van der Waals surface area (Å²) in [6, 6.07) is 0. The molecule has 1 heterocycles. The van der Waals surface area contributed by atoms with Gasteiger partial charge in [0.25, 0.3) is 0 Å². The van der Waals surface area contributed by atoms with Crippen LogP contribution in [0.5, 0.6) is 0 Å². The van der Waals surface area contributed by atoms with Crippen LogP contribution in [-0.2, 0) is 0 Å². The Labute approximate surface area is 86.6 Å². The van der Waals surface area contributed by atoms with Gasteiger partial charge in [-0.2, -0.15) is 4.09 Å². The van der Waals surface area contributed by atoms with Crippen molar-refractivity contribution in [3.05, 3.63) is 31.5 Å². The summed E-state index contributed by atoms with van der Waals surface area (Å²) in [4.78, 5) is 34.6. The molecule has 0 aliphatic heterocycles. The fourth-order valence-corrected chi connectivity index (χ4v) is 0.500. The minimum absolute atomic E-state index is 0. The van der Waals surface area contributed by atoms with Gasteiger partial charge in [0.1, 0.15) is 0 Å². The fourth-order valence-electron chi connectivity index (χ4n) is 0.416. The molecule has 1 radical (unpaired) electrons. The molecule has 6 nitrogen and oxygen atoms in total. The molecule has 0 aromatic carbocycles. The number of rotatable bonds is 0. The van der Waals surface area contributed by atoms with Crippen molar-refractivity contribution < 1.29 is 0 Å². The summed E-state index contributed by atoms with van der Waals surface area (Å²) < 4.78 is 0.238. The van der Waals surface area contributed by atoms with Crippen LogP contribution in [-0.4, -0.2) is 43.6 Å². The molecular weight excluding hydrogens is 184 g/mol. The Morgan fingerprint density at radius 1 is 1.09 bits per heavy atom. The van der Waals surface area contributed by atoms with Crippen molar-refractivity contribution in [2.24, 2.45) is 0 Å². The Morgan fingerprint density at radius 2 is 1.45 bits per heavy atom. The zero-order valence-corrected chi connectivity index (χ0v) is 8.31. The third-order valence-electron chi connectivity index (χ3n) is 0.798. The number of nitrogens with one attached hydrogen (secondary N) is 2. The van der Waals surface area contributed by atoms with Gasteiger partial charge in [0, 0.05) is 41.3 Å². The number of aromatic amines is 2. The molecule has 0 saturated heterocycles. The van der Waals surface area contributed by atoms with Gasteiger partial charge in [-0.1, -0.05) is 0 Å². The van der Waals surface area contributed by atoms with Gasteiger partial charge in [-0.25, -0.2) is 14.4 Å². The maximum Gasteiger partial charge on any atom is 0.348 e. The van der Waals surface area contributed by atoms with Gasteiger partial charge in [0.2, 0.25) is 0 Å². The largest absolute Gasteiger partial charge is 0.348 e. The first-order valence-electron chi connectivity index (χ1n) is 2.23. The SMILES string of the molecule is O=c1[nH]c(=O)n(Cl)c(=O)[nH]1.[Na]. The van der Waals surface area contributed by atoms with Crippen LogP contribution in [0.1, 0.15) is 0 Å². The van der Waals surface area contributed by atoms with Crippen LogP contribution in [0.25, 0.3) is 0 Å². The van der Waals surface area contributed by atoms with Crippen molar-refractivity contribution in [2.45, 2.75) is 0 Å². The summed E-state index contributed by atoms with van der Waals surface area (Å²) in [6.45, 7) is 0. The second kappa shape index (κ2) is 3.91. The number of halogens is 1. The summed E-state index contributed by atoms with van der Waals surface area (Å²) in [5.41, 5.74) is -2.77. The number of hydrogen-bond donors (Lipinski definition) is 2. The fraction of sp³-hybridized carbons (Fsp3) is 0. The molecule has 0 saturated carbocycles. The van der Waals surface area contributed by atoms with Gasteiger partial charge >= 0.3 is 17.1 Å². The molecule has 1 aromatic rings. The standard InChI is InChI=1S/C3H2ClN3O3.Na/c4-7-2(9)5-1(8)6-3(7)10;/h(H2,5,6,8,9,10);. The Hall–Kier alpha value is -0.300. The van der Waals surface area contributed by atoms with E-state index in [1.807, 2.05) is 0 Å². The third kappa shape index (κ3) is 2.33. The van der Waals surface area contributed by atoms with Crippen molar-refractivity contribution >= 4 is 41.3 Å². The average Bonchev–Trinajstić information content (AvgIpc) is 1.82. The maximum absolute atomic E-state index is 10.4. The molecule has 1 aromatic heterocycles.